The minimum atomic E-state index is -0.883. The predicted octanol–water partition coefficient (Wildman–Crippen LogP) is 2.73. The molecule has 0 aromatic rings. The van der Waals surface area contributed by atoms with Crippen molar-refractivity contribution in [2.75, 3.05) is 0 Å². The Balaban J connectivity index is 2.66. The van der Waals surface area contributed by atoms with Gasteiger partial charge in [-0.05, 0) is 33.6 Å². The summed E-state index contributed by atoms with van der Waals surface area (Å²) in [5.41, 5.74) is -1.44. The van der Waals surface area contributed by atoms with Gasteiger partial charge in [0.15, 0.2) is 5.72 Å². The molecule has 0 saturated heterocycles. The van der Waals surface area contributed by atoms with E-state index in [1.54, 1.807) is 20.8 Å². The van der Waals surface area contributed by atoms with E-state index >= 15 is 0 Å². The topological polar surface area (TPSA) is 64.6 Å². The molecule has 1 fully saturated rings. The number of amides is 1. The second-order valence-corrected chi connectivity index (χ2v) is 5.78. The van der Waals surface area contributed by atoms with Crippen LogP contribution >= 0.6 is 0 Å². The van der Waals surface area contributed by atoms with Crippen LogP contribution < -0.4 is 5.32 Å². The molecule has 1 aliphatic rings. The fourth-order valence-electron chi connectivity index (χ4n) is 2.14. The molecule has 1 N–H and O–H groups in total. The van der Waals surface area contributed by atoms with E-state index < -0.39 is 17.4 Å². The third-order valence-electron chi connectivity index (χ3n) is 2.73. The first-order chi connectivity index (χ1) is 8.22. The van der Waals surface area contributed by atoms with Crippen molar-refractivity contribution in [1.82, 2.24) is 5.32 Å². The van der Waals surface area contributed by atoms with Crippen LogP contribution in [0.4, 0.5) is 4.79 Å². The van der Waals surface area contributed by atoms with Crippen molar-refractivity contribution in [1.29, 1.82) is 0 Å². The smallest absolute Gasteiger partial charge is 0.410 e. The molecule has 5 heteroatoms. The van der Waals surface area contributed by atoms with Gasteiger partial charge in [0.2, 0.25) is 0 Å². The molecule has 18 heavy (non-hydrogen) atoms. The fourth-order valence-corrected chi connectivity index (χ4v) is 2.14. The third kappa shape index (κ3) is 4.94. The average Bonchev–Trinajstić information content (AvgIpc) is 2.13. The Morgan fingerprint density at radius 2 is 1.67 bits per heavy atom. The fraction of sp³-hybridized carbons (Fsp3) is 0.846. The summed E-state index contributed by atoms with van der Waals surface area (Å²) in [6.45, 7) is 6.75. The van der Waals surface area contributed by atoms with E-state index in [9.17, 15) is 9.59 Å². The molecular formula is C13H23NO4. The molecule has 0 aromatic carbocycles. The lowest BCUT2D eigenvalue weighted by molar-refractivity contribution is -0.164. The minimum absolute atomic E-state index is 0.382. The van der Waals surface area contributed by atoms with Gasteiger partial charge in [0.05, 0.1) is 0 Å². The van der Waals surface area contributed by atoms with E-state index in [0.717, 1.165) is 19.3 Å². The first kappa shape index (κ1) is 14.8. The summed E-state index contributed by atoms with van der Waals surface area (Å²) in [7, 11) is 0. The van der Waals surface area contributed by atoms with Crippen LogP contribution in [-0.2, 0) is 14.3 Å². The van der Waals surface area contributed by atoms with E-state index in [1.165, 1.54) is 6.92 Å². The highest BCUT2D eigenvalue weighted by Crippen LogP contribution is 2.29. The number of nitrogens with one attached hydrogen (secondary N) is 1. The number of alkyl carbamates (subject to hydrolysis) is 1. The zero-order valence-electron chi connectivity index (χ0n) is 11.7. The Labute approximate surface area is 108 Å². The number of rotatable bonds is 2. The average molecular weight is 257 g/mol. The normalized spacial score (nSPS) is 18.9. The van der Waals surface area contributed by atoms with Crippen molar-refractivity contribution in [2.24, 2.45) is 0 Å². The molecule has 0 bridgehead atoms. The van der Waals surface area contributed by atoms with Gasteiger partial charge in [-0.25, -0.2) is 4.79 Å². The second-order valence-electron chi connectivity index (χ2n) is 5.78. The Morgan fingerprint density at radius 1 is 1.11 bits per heavy atom. The molecule has 0 unspecified atom stereocenters. The van der Waals surface area contributed by atoms with Crippen molar-refractivity contribution in [3.05, 3.63) is 0 Å². The summed E-state index contributed by atoms with van der Waals surface area (Å²) in [6.07, 6.45) is 3.72. The van der Waals surface area contributed by atoms with Crippen LogP contribution in [0.2, 0.25) is 0 Å². The second kappa shape index (κ2) is 5.59. The summed E-state index contributed by atoms with van der Waals surface area (Å²) in [5, 5.41) is 2.72. The largest absolute Gasteiger partial charge is 0.444 e. The molecule has 0 radical (unpaired) electrons. The zero-order chi connectivity index (χ0) is 13.8. The standard InChI is InChI=1S/C13H23NO4/c1-10(15)17-13(8-6-5-7-9-13)14-11(16)18-12(2,3)4/h5-9H2,1-4H3,(H,14,16). The van der Waals surface area contributed by atoms with Crippen molar-refractivity contribution < 1.29 is 19.1 Å². The summed E-state index contributed by atoms with van der Waals surface area (Å²) in [4.78, 5) is 23.0. The van der Waals surface area contributed by atoms with Crippen molar-refractivity contribution in [3.63, 3.8) is 0 Å². The minimum Gasteiger partial charge on any atom is -0.444 e. The number of ether oxygens (including phenoxy) is 2. The Morgan fingerprint density at radius 3 is 2.11 bits per heavy atom. The zero-order valence-corrected chi connectivity index (χ0v) is 11.7. The monoisotopic (exact) mass is 257 g/mol. The summed E-state index contributed by atoms with van der Waals surface area (Å²) in [6, 6.07) is 0. The van der Waals surface area contributed by atoms with Crippen LogP contribution in [-0.4, -0.2) is 23.4 Å². The van der Waals surface area contributed by atoms with Gasteiger partial charge in [-0.1, -0.05) is 6.42 Å². The van der Waals surface area contributed by atoms with Gasteiger partial charge in [0.1, 0.15) is 5.60 Å². The van der Waals surface area contributed by atoms with Crippen LogP contribution in [0.5, 0.6) is 0 Å². The molecule has 0 aromatic heterocycles. The maximum Gasteiger partial charge on any atom is 0.410 e. The first-order valence-corrected chi connectivity index (χ1v) is 6.43. The Kier molecular flexibility index (Phi) is 4.59. The lowest BCUT2D eigenvalue weighted by Crippen LogP contribution is -2.53. The van der Waals surface area contributed by atoms with Crippen LogP contribution in [0.3, 0.4) is 0 Å². The summed E-state index contributed by atoms with van der Waals surface area (Å²) in [5.74, 6) is -0.382. The van der Waals surface area contributed by atoms with E-state index in [-0.39, 0.29) is 5.97 Å². The van der Waals surface area contributed by atoms with Crippen LogP contribution in [0, 0.1) is 0 Å². The molecule has 5 nitrogen and oxygen atoms in total. The number of hydrogen-bond acceptors (Lipinski definition) is 4. The Bertz CT molecular complexity index is 313. The van der Waals surface area contributed by atoms with Gasteiger partial charge < -0.3 is 9.47 Å². The molecule has 0 heterocycles. The highest BCUT2D eigenvalue weighted by Gasteiger charge is 2.38. The predicted molar refractivity (Wildman–Crippen MR) is 67.0 cm³/mol. The SMILES string of the molecule is CC(=O)OC1(NC(=O)OC(C)(C)C)CCCCC1. The molecule has 0 aliphatic heterocycles. The van der Waals surface area contributed by atoms with Gasteiger partial charge in [-0.3, -0.25) is 10.1 Å². The van der Waals surface area contributed by atoms with Crippen molar-refractivity contribution in [3.8, 4) is 0 Å². The molecule has 0 spiro atoms. The van der Waals surface area contributed by atoms with Crippen molar-refractivity contribution in [2.45, 2.75) is 71.1 Å². The molecule has 1 saturated carbocycles. The first-order valence-electron chi connectivity index (χ1n) is 6.43. The van der Waals surface area contributed by atoms with Gasteiger partial charge in [0, 0.05) is 19.8 Å². The third-order valence-corrected chi connectivity index (χ3v) is 2.73. The maximum atomic E-state index is 11.8. The molecule has 104 valence electrons. The lowest BCUT2D eigenvalue weighted by Gasteiger charge is -2.37. The number of hydrogen-bond donors (Lipinski definition) is 1. The number of carbonyl (C=O) groups is 2. The summed E-state index contributed by atoms with van der Waals surface area (Å²) < 4.78 is 10.5. The van der Waals surface area contributed by atoms with E-state index in [1.807, 2.05) is 0 Å². The molecule has 1 aliphatic carbocycles. The van der Waals surface area contributed by atoms with Crippen LogP contribution in [0.25, 0.3) is 0 Å². The van der Waals surface area contributed by atoms with Gasteiger partial charge in [0.25, 0.3) is 0 Å². The van der Waals surface area contributed by atoms with Gasteiger partial charge in [-0.2, -0.15) is 0 Å². The molecule has 1 rings (SSSR count). The Hall–Kier alpha value is -1.26. The quantitative estimate of drug-likeness (QED) is 0.610. The van der Waals surface area contributed by atoms with Crippen LogP contribution in [0.1, 0.15) is 59.8 Å². The summed E-state index contributed by atoms with van der Waals surface area (Å²) >= 11 is 0. The van der Waals surface area contributed by atoms with Crippen molar-refractivity contribution >= 4 is 12.1 Å². The highest BCUT2D eigenvalue weighted by atomic mass is 16.6. The molecular weight excluding hydrogens is 234 g/mol. The number of esters is 1. The van der Waals surface area contributed by atoms with Gasteiger partial charge >= 0.3 is 12.1 Å². The van der Waals surface area contributed by atoms with E-state index in [0.29, 0.717) is 12.8 Å². The lowest BCUT2D eigenvalue weighted by atomic mass is 9.91. The number of carbonyl (C=O) groups excluding carboxylic acids is 2. The van der Waals surface area contributed by atoms with Crippen LogP contribution in [0.15, 0.2) is 0 Å². The van der Waals surface area contributed by atoms with E-state index in [2.05, 4.69) is 5.32 Å². The van der Waals surface area contributed by atoms with Gasteiger partial charge in [-0.15, -0.1) is 0 Å². The molecule has 1 amide bonds. The van der Waals surface area contributed by atoms with E-state index in [4.69, 9.17) is 9.47 Å². The maximum absolute atomic E-state index is 11.8. The highest BCUT2D eigenvalue weighted by molar-refractivity contribution is 5.70. The molecule has 0 atom stereocenters.